The Morgan fingerprint density at radius 3 is 2.65 bits per heavy atom. The molecule has 1 aromatic heterocycles. The highest BCUT2D eigenvalue weighted by molar-refractivity contribution is 7.87. The van der Waals surface area contributed by atoms with Gasteiger partial charge in [0.25, 0.3) is 0 Å². The van der Waals surface area contributed by atoms with Crippen LogP contribution in [-0.4, -0.2) is 68.6 Å². The molecule has 1 amide bonds. The number of hydrogen-bond donors (Lipinski definition) is 3. The molecule has 2 fully saturated rings. The number of ether oxygens (including phenoxy) is 1. The van der Waals surface area contributed by atoms with Gasteiger partial charge in [0.05, 0.1) is 24.2 Å². The standard InChI is InChI=1S/C23H27N5O5S/c29-22(16-1-2-16)27-23-25-20-8-5-18(15-21(20)26-23)33-34(30,31)19-6-3-17(4-7-19)24-9-10-28-11-13-32-14-12-28/h3-8,15-16,24H,1-2,9-14H2,(H2,25,26,27,29). The van der Waals surface area contributed by atoms with E-state index in [-0.39, 0.29) is 22.5 Å². The van der Waals surface area contributed by atoms with Crippen LogP contribution in [0.25, 0.3) is 11.0 Å². The first-order valence-corrected chi connectivity index (χ1v) is 12.8. The Morgan fingerprint density at radius 2 is 1.91 bits per heavy atom. The molecule has 5 rings (SSSR count). The molecule has 2 aliphatic rings. The minimum absolute atomic E-state index is 0.0582. The molecule has 0 spiro atoms. The fourth-order valence-corrected chi connectivity index (χ4v) is 4.68. The summed E-state index contributed by atoms with van der Waals surface area (Å²) >= 11 is 0. The molecule has 34 heavy (non-hydrogen) atoms. The van der Waals surface area contributed by atoms with Gasteiger partial charge in [-0.25, -0.2) is 4.98 Å². The van der Waals surface area contributed by atoms with Gasteiger partial charge in [-0.1, -0.05) is 0 Å². The number of amides is 1. The largest absolute Gasteiger partial charge is 0.384 e. The zero-order valence-electron chi connectivity index (χ0n) is 18.6. The number of aromatic nitrogens is 2. The summed E-state index contributed by atoms with van der Waals surface area (Å²) in [6.45, 7) is 5.03. The molecule has 1 saturated carbocycles. The number of carbonyl (C=O) groups is 1. The lowest BCUT2D eigenvalue weighted by molar-refractivity contribution is -0.117. The predicted molar refractivity (Wildman–Crippen MR) is 127 cm³/mol. The van der Waals surface area contributed by atoms with Gasteiger partial charge < -0.3 is 19.2 Å². The van der Waals surface area contributed by atoms with Crippen molar-refractivity contribution in [3.63, 3.8) is 0 Å². The van der Waals surface area contributed by atoms with Crippen LogP contribution in [-0.2, 0) is 19.6 Å². The minimum Gasteiger partial charge on any atom is -0.384 e. The Bertz CT molecular complexity index is 1260. The maximum absolute atomic E-state index is 12.8. The zero-order chi connectivity index (χ0) is 23.5. The predicted octanol–water partition coefficient (Wildman–Crippen LogP) is 2.42. The summed E-state index contributed by atoms with van der Waals surface area (Å²) in [5.41, 5.74) is 2.01. The average molecular weight is 486 g/mol. The third kappa shape index (κ3) is 5.49. The van der Waals surface area contributed by atoms with E-state index in [1.807, 2.05) is 0 Å². The van der Waals surface area contributed by atoms with Crippen molar-refractivity contribution >= 4 is 38.7 Å². The average Bonchev–Trinajstić information content (AvgIpc) is 3.61. The van der Waals surface area contributed by atoms with Crippen molar-refractivity contribution in [1.29, 1.82) is 0 Å². The first-order valence-electron chi connectivity index (χ1n) is 11.4. The maximum atomic E-state index is 12.8. The highest BCUT2D eigenvalue weighted by atomic mass is 32.2. The number of rotatable bonds is 9. The number of anilines is 2. The van der Waals surface area contributed by atoms with Gasteiger partial charge >= 0.3 is 10.1 Å². The highest BCUT2D eigenvalue weighted by Crippen LogP contribution is 2.30. The maximum Gasteiger partial charge on any atom is 0.339 e. The second-order valence-electron chi connectivity index (χ2n) is 8.47. The van der Waals surface area contributed by atoms with Crippen LogP contribution in [0.5, 0.6) is 5.75 Å². The third-order valence-corrected chi connectivity index (χ3v) is 7.12. The number of nitrogens with zero attached hydrogens (tertiary/aromatic N) is 2. The number of benzene rings is 2. The number of fused-ring (bicyclic) bond motifs is 1. The van der Waals surface area contributed by atoms with Gasteiger partial charge in [-0.05, 0) is 49.2 Å². The van der Waals surface area contributed by atoms with Crippen LogP contribution in [0, 0.1) is 5.92 Å². The van der Waals surface area contributed by atoms with E-state index in [2.05, 4.69) is 25.5 Å². The highest BCUT2D eigenvalue weighted by Gasteiger charge is 2.30. The van der Waals surface area contributed by atoms with Crippen molar-refractivity contribution in [3.8, 4) is 5.75 Å². The number of morpholine rings is 1. The van der Waals surface area contributed by atoms with Gasteiger partial charge in [-0.15, -0.1) is 0 Å². The molecule has 1 aliphatic heterocycles. The van der Waals surface area contributed by atoms with Gasteiger partial charge in [-0.3, -0.25) is 15.0 Å². The van der Waals surface area contributed by atoms with E-state index in [1.165, 1.54) is 18.2 Å². The van der Waals surface area contributed by atoms with Crippen LogP contribution in [0.3, 0.4) is 0 Å². The second kappa shape index (κ2) is 9.61. The molecule has 1 aliphatic carbocycles. The summed E-state index contributed by atoms with van der Waals surface area (Å²) in [4.78, 5) is 21.6. The summed E-state index contributed by atoms with van der Waals surface area (Å²) in [7, 11) is -4.01. The molecule has 11 heteroatoms. The van der Waals surface area contributed by atoms with Crippen molar-refractivity contribution in [1.82, 2.24) is 14.9 Å². The number of hydrogen-bond acceptors (Lipinski definition) is 8. The number of carbonyl (C=O) groups excluding carboxylic acids is 1. The lowest BCUT2D eigenvalue weighted by Crippen LogP contribution is -2.38. The van der Waals surface area contributed by atoms with Gasteiger partial charge in [0.15, 0.2) is 0 Å². The SMILES string of the molecule is O=C(Nc1nc2cc(OS(=O)(=O)c3ccc(NCCN4CCOCC4)cc3)ccc2[nH]1)C1CC1. The first-order chi connectivity index (χ1) is 16.5. The quantitative estimate of drug-likeness (QED) is 0.395. The Morgan fingerprint density at radius 1 is 1.15 bits per heavy atom. The molecule has 10 nitrogen and oxygen atoms in total. The first kappa shape index (κ1) is 22.6. The van der Waals surface area contributed by atoms with Crippen LogP contribution in [0.2, 0.25) is 0 Å². The minimum atomic E-state index is -4.01. The summed E-state index contributed by atoms with van der Waals surface area (Å²) in [5.74, 6) is 0.483. The summed E-state index contributed by atoms with van der Waals surface area (Å²) in [6, 6.07) is 11.2. The number of imidazole rings is 1. The zero-order valence-corrected chi connectivity index (χ0v) is 19.4. The number of aromatic amines is 1. The van der Waals surface area contributed by atoms with E-state index in [0.29, 0.717) is 17.0 Å². The number of H-pyrrole nitrogens is 1. The van der Waals surface area contributed by atoms with Crippen molar-refractivity contribution in [2.24, 2.45) is 5.92 Å². The molecular weight excluding hydrogens is 458 g/mol. The van der Waals surface area contributed by atoms with E-state index in [9.17, 15) is 13.2 Å². The molecule has 0 atom stereocenters. The lowest BCUT2D eigenvalue weighted by atomic mass is 10.3. The molecule has 1 saturated heterocycles. The molecule has 0 bridgehead atoms. The summed E-state index contributed by atoms with van der Waals surface area (Å²) in [5, 5.41) is 6.05. The fraction of sp³-hybridized carbons (Fsp3) is 0.391. The Labute approximate surface area is 197 Å². The number of nitrogens with one attached hydrogen (secondary N) is 3. The van der Waals surface area contributed by atoms with Crippen LogP contribution in [0.15, 0.2) is 47.4 Å². The van der Waals surface area contributed by atoms with E-state index in [4.69, 9.17) is 8.92 Å². The van der Waals surface area contributed by atoms with Crippen molar-refractivity contribution in [2.75, 3.05) is 50.0 Å². The van der Waals surface area contributed by atoms with E-state index in [1.54, 1.807) is 24.3 Å². The second-order valence-corrected chi connectivity index (χ2v) is 10.0. The van der Waals surface area contributed by atoms with Crippen LogP contribution >= 0.6 is 0 Å². The Kier molecular flexibility index (Phi) is 6.40. The van der Waals surface area contributed by atoms with E-state index < -0.39 is 10.1 Å². The summed E-state index contributed by atoms with van der Waals surface area (Å²) in [6.07, 6.45) is 1.79. The van der Waals surface area contributed by atoms with E-state index >= 15 is 0 Å². The van der Waals surface area contributed by atoms with Crippen LogP contribution < -0.4 is 14.8 Å². The molecule has 2 heterocycles. The monoisotopic (exact) mass is 485 g/mol. The van der Waals surface area contributed by atoms with Crippen molar-refractivity contribution < 1.29 is 22.1 Å². The topological polar surface area (TPSA) is 126 Å². The Balaban J connectivity index is 1.19. The molecule has 180 valence electrons. The van der Waals surface area contributed by atoms with Gasteiger partial charge in [0, 0.05) is 43.9 Å². The van der Waals surface area contributed by atoms with Gasteiger partial charge in [-0.2, -0.15) is 8.42 Å². The third-order valence-electron chi connectivity index (χ3n) is 5.85. The summed E-state index contributed by atoms with van der Waals surface area (Å²) < 4.78 is 36.2. The molecule has 0 unspecified atom stereocenters. The van der Waals surface area contributed by atoms with Crippen LogP contribution in [0.4, 0.5) is 11.6 Å². The molecule has 0 radical (unpaired) electrons. The smallest absolute Gasteiger partial charge is 0.339 e. The lowest BCUT2D eigenvalue weighted by Gasteiger charge is -2.26. The Hall–Kier alpha value is -3.15. The normalized spacial score (nSPS) is 16.9. The van der Waals surface area contributed by atoms with Crippen LogP contribution in [0.1, 0.15) is 12.8 Å². The van der Waals surface area contributed by atoms with E-state index in [0.717, 1.165) is 57.9 Å². The fourth-order valence-electron chi connectivity index (χ4n) is 3.76. The van der Waals surface area contributed by atoms with Crippen molar-refractivity contribution in [3.05, 3.63) is 42.5 Å². The molecule has 3 aromatic rings. The molecule has 3 N–H and O–H groups in total. The molecular formula is C23H27N5O5S. The van der Waals surface area contributed by atoms with Crippen molar-refractivity contribution in [2.45, 2.75) is 17.7 Å². The van der Waals surface area contributed by atoms with Gasteiger partial charge in [0.1, 0.15) is 10.6 Å². The van der Waals surface area contributed by atoms with Gasteiger partial charge in [0.2, 0.25) is 11.9 Å². The molecule has 2 aromatic carbocycles.